The predicted octanol–water partition coefficient (Wildman–Crippen LogP) is 1.92. The van der Waals surface area contributed by atoms with Gasteiger partial charge < -0.3 is 5.11 Å². The molecule has 0 spiro atoms. The standard InChI is InChI=1S/C10H6F2N2O4S2/c11-5-1-6(12)3-7(2-5)14-20(17,18)10-8(9(15)16)13-4-19-10/h1-4,14H,(H,15,16). The fourth-order valence-corrected chi connectivity index (χ4v) is 3.56. The molecule has 0 aliphatic rings. The van der Waals surface area contributed by atoms with Gasteiger partial charge in [-0.3, -0.25) is 4.72 Å². The molecule has 0 bridgehead atoms. The van der Waals surface area contributed by atoms with E-state index in [0.29, 0.717) is 17.4 Å². The summed E-state index contributed by atoms with van der Waals surface area (Å²) >= 11 is 0.583. The van der Waals surface area contributed by atoms with Crippen molar-refractivity contribution in [1.29, 1.82) is 0 Å². The molecule has 10 heteroatoms. The maximum absolute atomic E-state index is 13.0. The van der Waals surface area contributed by atoms with Crippen LogP contribution in [0.25, 0.3) is 0 Å². The quantitative estimate of drug-likeness (QED) is 0.897. The van der Waals surface area contributed by atoms with E-state index in [1.165, 1.54) is 0 Å². The van der Waals surface area contributed by atoms with E-state index in [2.05, 4.69) is 4.98 Å². The Balaban J connectivity index is 2.41. The third-order valence-corrected chi connectivity index (χ3v) is 4.85. The van der Waals surface area contributed by atoms with Crippen molar-refractivity contribution in [1.82, 2.24) is 4.98 Å². The van der Waals surface area contributed by atoms with E-state index in [0.717, 1.165) is 17.6 Å². The number of sulfonamides is 1. The molecule has 0 amide bonds. The van der Waals surface area contributed by atoms with Crippen molar-refractivity contribution < 1.29 is 27.1 Å². The van der Waals surface area contributed by atoms with E-state index in [-0.39, 0.29) is 5.69 Å². The van der Waals surface area contributed by atoms with E-state index >= 15 is 0 Å². The topological polar surface area (TPSA) is 96.4 Å². The van der Waals surface area contributed by atoms with Crippen LogP contribution in [0.15, 0.2) is 27.9 Å². The number of halogens is 2. The third kappa shape index (κ3) is 2.91. The maximum atomic E-state index is 13.0. The number of rotatable bonds is 4. The number of carboxylic acid groups (broad SMARTS) is 1. The Morgan fingerprint density at radius 3 is 2.40 bits per heavy atom. The monoisotopic (exact) mass is 320 g/mol. The summed E-state index contributed by atoms with van der Waals surface area (Å²) in [7, 11) is -4.29. The number of carbonyl (C=O) groups is 1. The highest BCUT2D eigenvalue weighted by Crippen LogP contribution is 2.24. The van der Waals surface area contributed by atoms with E-state index in [1.54, 1.807) is 0 Å². The average Bonchev–Trinajstić information content (AvgIpc) is 2.75. The van der Waals surface area contributed by atoms with Gasteiger partial charge in [-0.15, -0.1) is 11.3 Å². The number of aromatic nitrogens is 1. The molecule has 0 radical (unpaired) electrons. The number of thiazole rings is 1. The Bertz CT molecular complexity index is 753. The number of hydrogen-bond donors (Lipinski definition) is 2. The first-order chi connectivity index (χ1) is 9.29. The third-order valence-electron chi connectivity index (χ3n) is 2.10. The Labute approximate surface area is 115 Å². The largest absolute Gasteiger partial charge is 0.476 e. The number of carboxylic acids is 1. The molecule has 0 fully saturated rings. The highest BCUT2D eigenvalue weighted by Gasteiger charge is 2.26. The lowest BCUT2D eigenvalue weighted by atomic mass is 10.3. The van der Waals surface area contributed by atoms with Crippen molar-refractivity contribution in [2.45, 2.75) is 4.21 Å². The zero-order valence-corrected chi connectivity index (χ0v) is 11.1. The second-order valence-corrected chi connectivity index (χ2v) is 6.29. The fourth-order valence-electron chi connectivity index (χ4n) is 1.38. The van der Waals surface area contributed by atoms with Crippen LogP contribution in [0.5, 0.6) is 0 Å². The molecule has 1 aromatic carbocycles. The van der Waals surface area contributed by atoms with Gasteiger partial charge in [0, 0.05) is 6.07 Å². The minimum atomic E-state index is -4.29. The maximum Gasteiger partial charge on any atom is 0.356 e. The van der Waals surface area contributed by atoms with Gasteiger partial charge >= 0.3 is 5.97 Å². The summed E-state index contributed by atoms with van der Waals surface area (Å²) in [6.45, 7) is 0. The Morgan fingerprint density at radius 2 is 1.85 bits per heavy atom. The van der Waals surface area contributed by atoms with Crippen LogP contribution in [0.4, 0.5) is 14.5 Å². The molecule has 106 valence electrons. The molecule has 0 aliphatic heterocycles. The predicted molar refractivity (Wildman–Crippen MR) is 66.2 cm³/mol. The summed E-state index contributed by atoms with van der Waals surface area (Å²) in [5.41, 5.74) is 0.0380. The number of nitrogens with one attached hydrogen (secondary N) is 1. The average molecular weight is 320 g/mol. The van der Waals surface area contributed by atoms with Crippen molar-refractivity contribution in [2.75, 3.05) is 4.72 Å². The molecule has 0 atom stereocenters. The van der Waals surface area contributed by atoms with Gasteiger partial charge in [-0.05, 0) is 12.1 Å². The molecular weight excluding hydrogens is 314 g/mol. The van der Waals surface area contributed by atoms with Crippen LogP contribution in [0.3, 0.4) is 0 Å². The van der Waals surface area contributed by atoms with Gasteiger partial charge in [-0.1, -0.05) is 0 Å². The highest BCUT2D eigenvalue weighted by atomic mass is 32.2. The molecule has 1 aromatic heterocycles. The van der Waals surface area contributed by atoms with Gasteiger partial charge in [0.1, 0.15) is 11.6 Å². The number of benzene rings is 1. The van der Waals surface area contributed by atoms with E-state index < -0.39 is 37.5 Å². The lowest BCUT2D eigenvalue weighted by Gasteiger charge is -2.07. The van der Waals surface area contributed by atoms with Crippen LogP contribution >= 0.6 is 11.3 Å². The SMILES string of the molecule is O=C(O)c1ncsc1S(=O)(=O)Nc1cc(F)cc(F)c1. The van der Waals surface area contributed by atoms with E-state index in [1.807, 2.05) is 4.72 Å². The van der Waals surface area contributed by atoms with Crippen molar-refractivity contribution in [3.05, 3.63) is 41.0 Å². The van der Waals surface area contributed by atoms with Crippen LogP contribution < -0.4 is 4.72 Å². The van der Waals surface area contributed by atoms with Crippen molar-refractivity contribution >= 4 is 33.0 Å². The number of hydrogen-bond acceptors (Lipinski definition) is 5. The molecule has 0 unspecified atom stereocenters. The summed E-state index contributed by atoms with van der Waals surface area (Å²) in [4.78, 5) is 14.2. The number of aromatic carboxylic acids is 1. The summed E-state index contributed by atoms with van der Waals surface area (Å²) in [6, 6.07) is 2.11. The number of nitrogens with zero attached hydrogens (tertiary/aromatic N) is 1. The van der Waals surface area contributed by atoms with Gasteiger partial charge in [0.25, 0.3) is 10.0 Å². The van der Waals surface area contributed by atoms with Crippen molar-refractivity contribution in [2.24, 2.45) is 0 Å². The second kappa shape index (κ2) is 5.13. The van der Waals surface area contributed by atoms with Crippen molar-refractivity contribution in [3.63, 3.8) is 0 Å². The molecule has 20 heavy (non-hydrogen) atoms. The number of anilines is 1. The summed E-state index contributed by atoms with van der Waals surface area (Å²) in [5.74, 6) is -3.45. The molecule has 2 rings (SSSR count). The Morgan fingerprint density at radius 1 is 1.25 bits per heavy atom. The highest BCUT2D eigenvalue weighted by molar-refractivity contribution is 7.94. The summed E-state index contributed by atoms with van der Waals surface area (Å²) in [5, 5.41) is 8.80. The molecule has 2 N–H and O–H groups in total. The molecule has 6 nitrogen and oxygen atoms in total. The van der Waals surface area contributed by atoms with Crippen LogP contribution in [0.1, 0.15) is 10.5 Å². The van der Waals surface area contributed by atoms with Gasteiger partial charge in [-0.2, -0.15) is 0 Å². The van der Waals surface area contributed by atoms with Gasteiger partial charge in [0.2, 0.25) is 0 Å². The normalized spacial score (nSPS) is 11.3. The lowest BCUT2D eigenvalue weighted by molar-refractivity contribution is 0.0687. The zero-order chi connectivity index (χ0) is 14.9. The van der Waals surface area contributed by atoms with Gasteiger partial charge in [0.05, 0.1) is 11.2 Å². The first-order valence-electron chi connectivity index (χ1n) is 4.95. The minimum Gasteiger partial charge on any atom is -0.476 e. The summed E-state index contributed by atoms with van der Waals surface area (Å²) < 4.78 is 51.2. The summed E-state index contributed by atoms with van der Waals surface area (Å²) in [6.07, 6.45) is 0. The molecule has 0 saturated carbocycles. The Kier molecular flexibility index (Phi) is 3.68. The van der Waals surface area contributed by atoms with Gasteiger partial charge in [-0.25, -0.2) is 27.0 Å². The Hall–Kier alpha value is -2.07. The first-order valence-corrected chi connectivity index (χ1v) is 7.31. The molecule has 0 saturated heterocycles. The first kappa shape index (κ1) is 14.3. The minimum absolute atomic E-state index is 0.354. The van der Waals surface area contributed by atoms with Crippen LogP contribution in [0.2, 0.25) is 0 Å². The molecule has 1 heterocycles. The fraction of sp³-hybridized carbons (Fsp3) is 0. The van der Waals surface area contributed by atoms with Crippen LogP contribution in [-0.2, 0) is 10.0 Å². The molecule has 2 aromatic rings. The molecule has 0 aliphatic carbocycles. The van der Waals surface area contributed by atoms with E-state index in [4.69, 9.17) is 5.11 Å². The van der Waals surface area contributed by atoms with Crippen LogP contribution in [0, 0.1) is 11.6 Å². The smallest absolute Gasteiger partial charge is 0.356 e. The van der Waals surface area contributed by atoms with Gasteiger partial charge in [0.15, 0.2) is 9.90 Å². The van der Waals surface area contributed by atoms with Crippen LogP contribution in [-0.4, -0.2) is 24.5 Å². The lowest BCUT2D eigenvalue weighted by Crippen LogP contribution is -2.15. The second-order valence-electron chi connectivity index (χ2n) is 3.56. The zero-order valence-electron chi connectivity index (χ0n) is 9.50. The van der Waals surface area contributed by atoms with E-state index in [9.17, 15) is 22.0 Å². The van der Waals surface area contributed by atoms with Crippen molar-refractivity contribution in [3.8, 4) is 0 Å². The molecular formula is C10H6F2N2O4S2.